The van der Waals surface area contributed by atoms with Crippen LogP contribution in [0.5, 0.6) is 0 Å². The van der Waals surface area contributed by atoms with Crippen LogP contribution in [0.2, 0.25) is 0 Å². The first-order valence-corrected chi connectivity index (χ1v) is 15.2. The highest BCUT2D eigenvalue weighted by atomic mass is 16.4. The van der Waals surface area contributed by atoms with Crippen LogP contribution >= 0.6 is 0 Å². The number of carbonyl (C=O) groups is 1. The summed E-state index contributed by atoms with van der Waals surface area (Å²) in [5.41, 5.74) is 23.1. The standard InChI is InChI=1S/C19H17N3.C12H12N2O2.C6H8N2/c1-13-16(22-19-9-5-4-8-18(19)20-13)11-10-15-12-14-6-2-3-7-17(14)21-15;1-8-9(6-7-12(15)16)14-11-5-3-2-4-10(11)13-8;7-5-3-1-2-4-6(5)8/h2-9H,10-12H2,1H3;2-5H,6-7H2,1H3,(H,15,16);1-4H,7-8H2. The molecule has 6 aromatic rings. The van der Waals surface area contributed by atoms with Gasteiger partial charge in [-0.25, -0.2) is 19.9 Å². The predicted octanol–water partition coefficient (Wildman–Crippen LogP) is 7.01. The molecule has 9 heteroatoms. The molecule has 2 aromatic heterocycles. The van der Waals surface area contributed by atoms with E-state index >= 15 is 0 Å². The molecular weight excluding hydrogens is 574 g/mol. The van der Waals surface area contributed by atoms with Crippen LogP contribution in [0.25, 0.3) is 22.1 Å². The Balaban J connectivity index is 0.000000152. The molecule has 5 N–H and O–H groups in total. The molecule has 3 heterocycles. The number of aliphatic carboxylic acids is 1. The van der Waals surface area contributed by atoms with E-state index in [4.69, 9.17) is 26.6 Å². The van der Waals surface area contributed by atoms with Gasteiger partial charge in [0.2, 0.25) is 0 Å². The van der Waals surface area contributed by atoms with Crippen molar-refractivity contribution in [1.82, 2.24) is 19.9 Å². The molecule has 0 bridgehead atoms. The predicted molar refractivity (Wildman–Crippen MR) is 185 cm³/mol. The van der Waals surface area contributed by atoms with E-state index in [1.165, 1.54) is 11.3 Å². The van der Waals surface area contributed by atoms with Crippen LogP contribution in [-0.2, 0) is 24.1 Å². The lowest BCUT2D eigenvalue weighted by molar-refractivity contribution is -0.136. The molecule has 9 nitrogen and oxygen atoms in total. The van der Waals surface area contributed by atoms with Gasteiger partial charge in [-0.05, 0) is 74.7 Å². The van der Waals surface area contributed by atoms with Gasteiger partial charge in [-0.15, -0.1) is 0 Å². The average molecular weight is 612 g/mol. The van der Waals surface area contributed by atoms with Crippen molar-refractivity contribution >= 4 is 50.8 Å². The van der Waals surface area contributed by atoms with Crippen molar-refractivity contribution in [3.8, 4) is 0 Å². The Bertz CT molecular complexity index is 2000. The van der Waals surface area contributed by atoms with Crippen molar-refractivity contribution in [2.75, 3.05) is 11.5 Å². The number of aromatic nitrogens is 4. The number of aryl methyl sites for hydroxylation is 4. The molecule has 4 aromatic carbocycles. The lowest BCUT2D eigenvalue weighted by atomic mass is 10.1. The number of rotatable bonds is 6. The van der Waals surface area contributed by atoms with E-state index in [1.54, 1.807) is 12.1 Å². The Morgan fingerprint density at radius 1 is 0.630 bits per heavy atom. The number of carboxylic acids is 1. The highest BCUT2D eigenvalue weighted by Gasteiger charge is 2.15. The van der Waals surface area contributed by atoms with Crippen LogP contribution in [0.3, 0.4) is 0 Å². The van der Waals surface area contributed by atoms with Gasteiger partial charge in [0.25, 0.3) is 0 Å². The number of nitrogens with two attached hydrogens (primary N) is 2. The third-order valence-corrected chi connectivity index (χ3v) is 7.57. The van der Waals surface area contributed by atoms with Crippen LogP contribution in [0, 0.1) is 13.8 Å². The Morgan fingerprint density at radius 2 is 1.09 bits per heavy atom. The lowest BCUT2D eigenvalue weighted by Crippen LogP contribution is -2.04. The van der Waals surface area contributed by atoms with Crippen LogP contribution in [-0.4, -0.2) is 36.7 Å². The first kappa shape index (κ1) is 31.7. The molecule has 1 aliphatic heterocycles. The number of carboxylic acid groups (broad SMARTS) is 1. The summed E-state index contributed by atoms with van der Waals surface area (Å²) >= 11 is 0. The number of para-hydroxylation sites is 7. The maximum Gasteiger partial charge on any atom is 0.303 e. The monoisotopic (exact) mass is 611 g/mol. The molecule has 0 aliphatic carbocycles. The summed E-state index contributed by atoms with van der Waals surface area (Å²) < 4.78 is 0. The van der Waals surface area contributed by atoms with Gasteiger partial charge in [0, 0.05) is 18.6 Å². The van der Waals surface area contributed by atoms with Gasteiger partial charge in [0.15, 0.2) is 0 Å². The van der Waals surface area contributed by atoms with E-state index in [0.29, 0.717) is 17.8 Å². The van der Waals surface area contributed by atoms with Crippen molar-refractivity contribution in [1.29, 1.82) is 0 Å². The first-order valence-electron chi connectivity index (χ1n) is 15.2. The van der Waals surface area contributed by atoms with Crippen molar-refractivity contribution in [3.05, 3.63) is 125 Å². The fourth-order valence-electron chi connectivity index (χ4n) is 5.07. The second-order valence-electron chi connectivity index (χ2n) is 11.0. The molecule has 7 rings (SSSR count). The molecule has 232 valence electrons. The fourth-order valence-corrected chi connectivity index (χ4v) is 5.07. The van der Waals surface area contributed by atoms with Gasteiger partial charge in [-0.1, -0.05) is 54.6 Å². The van der Waals surface area contributed by atoms with Crippen molar-refractivity contribution < 1.29 is 9.90 Å². The minimum absolute atomic E-state index is 0.0911. The highest BCUT2D eigenvalue weighted by Crippen LogP contribution is 2.27. The SMILES string of the molecule is Cc1nc2ccccc2nc1CCC(=O)O.Cc1nc2ccccc2nc1CCC1=Nc2ccccc2C1.Nc1ccccc1N. The van der Waals surface area contributed by atoms with Gasteiger partial charge in [-0.2, -0.15) is 0 Å². The second kappa shape index (κ2) is 14.9. The first-order chi connectivity index (χ1) is 22.3. The molecule has 1 aliphatic rings. The average Bonchev–Trinajstić information content (AvgIpc) is 3.48. The van der Waals surface area contributed by atoms with Crippen molar-refractivity contribution in [2.45, 2.75) is 46.0 Å². The van der Waals surface area contributed by atoms with Gasteiger partial charge >= 0.3 is 5.97 Å². The Morgan fingerprint density at radius 3 is 1.59 bits per heavy atom. The second-order valence-corrected chi connectivity index (χ2v) is 11.0. The van der Waals surface area contributed by atoms with Crippen molar-refractivity contribution in [3.63, 3.8) is 0 Å². The van der Waals surface area contributed by atoms with Crippen molar-refractivity contribution in [2.24, 2.45) is 4.99 Å². The summed E-state index contributed by atoms with van der Waals surface area (Å²) in [7, 11) is 0. The maximum absolute atomic E-state index is 10.5. The number of aliphatic imine (C=N–C) groups is 1. The van der Waals surface area contributed by atoms with Crippen LogP contribution < -0.4 is 11.5 Å². The minimum Gasteiger partial charge on any atom is -0.481 e. The Labute approximate surface area is 268 Å². The molecule has 0 saturated carbocycles. The smallest absolute Gasteiger partial charge is 0.303 e. The quantitative estimate of drug-likeness (QED) is 0.170. The summed E-state index contributed by atoms with van der Waals surface area (Å²) in [6.07, 6.45) is 3.34. The lowest BCUT2D eigenvalue weighted by Gasteiger charge is -2.06. The Hall–Kier alpha value is -5.70. The molecule has 0 radical (unpaired) electrons. The third-order valence-electron chi connectivity index (χ3n) is 7.57. The number of fused-ring (bicyclic) bond motifs is 3. The molecule has 0 saturated heterocycles. The minimum atomic E-state index is -0.811. The molecule has 0 fully saturated rings. The normalized spacial score (nSPS) is 11.6. The molecule has 0 spiro atoms. The van der Waals surface area contributed by atoms with E-state index in [2.05, 4.69) is 33.2 Å². The zero-order chi connectivity index (χ0) is 32.5. The number of benzene rings is 4. The molecule has 0 unspecified atom stereocenters. The van der Waals surface area contributed by atoms with Gasteiger partial charge in [-0.3, -0.25) is 9.79 Å². The maximum atomic E-state index is 10.5. The van der Waals surface area contributed by atoms with Gasteiger partial charge in [0.05, 0.1) is 68.3 Å². The number of nitrogen functional groups attached to an aromatic ring is 2. The zero-order valence-electron chi connectivity index (χ0n) is 26.0. The summed E-state index contributed by atoms with van der Waals surface area (Å²) in [6.45, 7) is 3.90. The zero-order valence-corrected chi connectivity index (χ0v) is 26.0. The number of nitrogens with zero attached hydrogens (tertiary/aromatic N) is 5. The third kappa shape index (κ3) is 8.26. The van der Waals surface area contributed by atoms with Gasteiger partial charge < -0.3 is 16.6 Å². The highest BCUT2D eigenvalue weighted by molar-refractivity contribution is 5.94. The topological polar surface area (TPSA) is 153 Å². The number of hydrogen-bond donors (Lipinski definition) is 3. The fraction of sp³-hybridized carbons (Fsp3) is 0.189. The molecular formula is C37H37N7O2. The summed E-state index contributed by atoms with van der Waals surface area (Å²) in [5.74, 6) is -0.811. The van der Waals surface area contributed by atoms with E-state index in [0.717, 1.165) is 69.8 Å². The van der Waals surface area contributed by atoms with E-state index in [-0.39, 0.29) is 6.42 Å². The largest absolute Gasteiger partial charge is 0.481 e. The molecule has 46 heavy (non-hydrogen) atoms. The summed E-state index contributed by atoms with van der Waals surface area (Å²) in [4.78, 5) is 33.5. The molecule has 0 amide bonds. The van der Waals surface area contributed by atoms with Crippen LogP contribution in [0.1, 0.15) is 41.2 Å². The van der Waals surface area contributed by atoms with Crippen LogP contribution in [0.15, 0.2) is 102 Å². The van der Waals surface area contributed by atoms with E-state index in [9.17, 15) is 4.79 Å². The van der Waals surface area contributed by atoms with E-state index < -0.39 is 5.97 Å². The number of anilines is 2. The number of hydrogen-bond acceptors (Lipinski definition) is 8. The Kier molecular flexibility index (Phi) is 10.2. The van der Waals surface area contributed by atoms with Gasteiger partial charge in [0.1, 0.15) is 0 Å². The summed E-state index contributed by atoms with van der Waals surface area (Å²) in [6, 6.07) is 31.3. The molecule has 0 atom stereocenters. The van der Waals surface area contributed by atoms with E-state index in [1.807, 2.05) is 80.6 Å². The summed E-state index contributed by atoms with van der Waals surface area (Å²) in [5, 5.41) is 8.63. The van der Waals surface area contributed by atoms with Crippen LogP contribution in [0.4, 0.5) is 17.1 Å².